The van der Waals surface area contributed by atoms with Crippen LogP contribution in [0.1, 0.15) is 50.2 Å². The van der Waals surface area contributed by atoms with Gasteiger partial charge in [-0.15, -0.1) is 6.58 Å². The molecule has 9 heteroatoms. The molecule has 2 aliphatic rings. The summed E-state index contributed by atoms with van der Waals surface area (Å²) in [6, 6.07) is 10.2. The zero-order valence-corrected chi connectivity index (χ0v) is 21.3. The van der Waals surface area contributed by atoms with Crippen molar-refractivity contribution < 1.29 is 9.90 Å². The fourth-order valence-electron chi connectivity index (χ4n) is 5.75. The topological polar surface area (TPSA) is 121 Å². The minimum absolute atomic E-state index is 0.132. The van der Waals surface area contributed by atoms with Crippen molar-refractivity contribution in [2.75, 3.05) is 12.8 Å². The first-order chi connectivity index (χ1) is 17.8. The van der Waals surface area contributed by atoms with E-state index in [1.807, 2.05) is 48.3 Å². The van der Waals surface area contributed by atoms with Crippen LogP contribution in [-0.2, 0) is 10.2 Å². The van der Waals surface area contributed by atoms with Crippen LogP contribution in [0.25, 0.3) is 22.5 Å². The number of nitrogens with two attached hydrogens (primary N) is 1. The van der Waals surface area contributed by atoms with Crippen molar-refractivity contribution in [2.24, 2.45) is 5.10 Å². The molecule has 4 N–H and O–H groups in total. The van der Waals surface area contributed by atoms with Gasteiger partial charge in [0.05, 0.1) is 28.4 Å². The second kappa shape index (κ2) is 9.15. The second-order valence-corrected chi connectivity index (χ2v) is 10.00. The molecule has 0 atom stereocenters. The molecular weight excluding hydrogens is 466 g/mol. The van der Waals surface area contributed by atoms with Gasteiger partial charge in [0.15, 0.2) is 5.82 Å². The summed E-state index contributed by atoms with van der Waals surface area (Å²) in [4.78, 5) is 17.3. The van der Waals surface area contributed by atoms with E-state index in [1.54, 1.807) is 11.6 Å². The smallest absolute Gasteiger partial charge is 0.230 e. The van der Waals surface area contributed by atoms with Crippen LogP contribution in [0.2, 0.25) is 0 Å². The van der Waals surface area contributed by atoms with Gasteiger partial charge in [0.1, 0.15) is 11.8 Å². The van der Waals surface area contributed by atoms with Crippen LogP contribution < -0.4 is 11.1 Å². The van der Waals surface area contributed by atoms with E-state index in [9.17, 15) is 9.90 Å². The van der Waals surface area contributed by atoms with Gasteiger partial charge >= 0.3 is 0 Å². The van der Waals surface area contributed by atoms with Crippen molar-refractivity contribution in [3.63, 3.8) is 0 Å². The summed E-state index contributed by atoms with van der Waals surface area (Å²) in [5.41, 5.74) is 9.43. The van der Waals surface area contributed by atoms with E-state index in [4.69, 9.17) is 5.73 Å². The summed E-state index contributed by atoms with van der Waals surface area (Å²) >= 11 is 0. The van der Waals surface area contributed by atoms with Crippen LogP contribution in [0.3, 0.4) is 0 Å². The Bertz CT molecular complexity index is 1410. The Kier molecular flexibility index (Phi) is 6.11. The Hall–Kier alpha value is -3.98. The zero-order valence-electron chi connectivity index (χ0n) is 21.3. The summed E-state index contributed by atoms with van der Waals surface area (Å²) in [6.45, 7) is 9.54. The summed E-state index contributed by atoms with van der Waals surface area (Å²) in [7, 11) is 1.62. The first-order valence-electron chi connectivity index (χ1n) is 12.5. The second-order valence-electron chi connectivity index (χ2n) is 10.00. The summed E-state index contributed by atoms with van der Waals surface area (Å²) < 4.78 is 1.79. The fraction of sp³-hybridized carbons (Fsp3) is 0.357. The van der Waals surface area contributed by atoms with Gasteiger partial charge in [-0.1, -0.05) is 30.4 Å². The van der Waals surface area contributed by atoms with E-state index < -0.39 is 11.0 Å². The number of nitrogens with zero attached hydrogens (tertiary/aromatic N) is 5. The highest BCUT2D eigenvalue weighted by molar-refractivity contribution is 5.91. The first-order valence-corrected chi connectivity index (χ1v) is 12.5. The average Bonchev–Trinajstić information content (AvgIpc) is 3.25. The molecule has 2 aromatic heterocycles. The lowest BCUT2D eigenvalue weighted by Crippen LogP contribution is -2.60. The van der Waals surface area contributed by atoms with E-state index >= 15 is 0 Å². The van der Waals surface area contributed by atoms with Crippen molar-refractivity contribution in [3.05, 3.63) is 66.5 Å². The van der Waals surface area contributed by atoms with Gasteiger partial charge in [-0.25, -0.2) is 9.50 Å². The molecule has 2 aliphatic carbocycles. The molecule has 37 heavy (non-hydrogen) atoms. The molecule has 3 aromatic rings. The maximum absolute atomic E-state index is 13.0. The molecule has 1 amide bonds. The minimum atomic E-state index is -1.07. The number of hydrazone groups is 1. The number of aliphatic hydroxyl groups is 1. The molecule has 5 rings (SSSR count). The third-order valence-electron chi connectivity index (χ3n) is 7.92. The van der Waals surface area contributed by atoms with Crippen molar-refractivity contribution in [2.45, 2.75) is 56.1 Å². The van der Waals surface area contributed by atoms with Gasteiger partial charge in [0.25, 0.3) is 0 Å². The van der Waals surface area contributed by atoms with E-state index in [2.05, 4.69) is 33.8 Å². The van der Waals surface area contributed by atoms with Gasteiger partial charge in [-0.3, -0.25) is 9.80 Å². The largest absolute Gasteiger partial charge is 0.386 e. The van der Waals surface area contributed by atoms with Gasteiger partial charge in [-0.2, -0.15) is 10.2 Å². The molecule has 0 radical (unpaired) electrons. The Morgan fingerprint density at radius 1 is 1.35 bits per heavy atom. The highest BCUT2D eigenvalue weighted by Crippen LogP contribution is 2.51. The molecule has 0 saturated heterocycles. The Labute approximate surface area is 216 Å². The summed E-state index contributed by atoms with van der Waals surface area (Å²) in [6.07, 6.45) is 8.79. The highest BCUT2D eigenvalue weighted by atomic mass is 16.3. The van der Waals surface area contributed by atoms with Crippen molar-refractivity contribution in [3.8, 4) is 11.3 Å². The number of carbonyl (C=O) groups is 1. The number of rotatable bonds is 8. The van der Waals surface area contributed by atoms with Crippen molar-refractivity contribution in [1.82, 2.24) is 24.9 Å². The SMILES string of the molecule is C=C[C@]1(O)C[C@](C(=O)NC)(c2cccc(-c3cc(/C(=C/C)N(N=C)C4CCC4)c4c(N)ncnn34)c2)C1. The number of hydrogen-bond donors (Lipinski definition) is 3. The minimum Gasteiger partial charge on any atom is -0.386 e. The predicted molar refractivity (Wildman–Crippen MR) is 146 cm³/mol. The number of aromatic nitrogens is 3. The Balaban J connectivity index is 1.65. The number of nitrogen functional groups attached to an aromatic ring is 1. The number of amides is 1. The maximum atomic E-state index is 13.0. The molecule has 2 saturated carbocycles. The molecule has 9 nitrogen and oxygen atoms in total. The van der Waals surface area contributed by atoms with Crippen LogP contribution in [-0.4, -0.2) is 56.0 Å². The van der Waals surface area contributed by atoms with Gasteiger partial charge in [0.2, 0.25) is 5.91 Å². The molecule has 192 valence electrons. The normalized spacial score (nSPS) is 23.7. The lowest BCUT2D eigenvalue weighted by Gasteiger charge is -2.51. The van der Waals surface area contributed by atoms with Crippen LogP contribution >= 0.6 is 0 Å². The third-order valence-corrected chi connectivity index (χ3v) is 7.92. The number of anilines is 1. The number of carbonyl (C=O) groups excluding carboxylic acids is 1. The maximum Gasteiger partial charge on any atom is 0.230 e. The molecule has 0 unspecified atom stereocenters. The van der Waals surface area contributed by atoms with Crippen molar-refractivity contribution >= 4 is 29.7 Å². The number of likely N-dealkylation sites (N-methyl/N-ethyl adjacent to an activating group) is 1. The molecule has 0 spiro atoms. The molecule has 2 heterocycles. The quantitative estimate of drug-likeness (QED) is 0.248. The number of allylic oxidation sites excluding steroid dienone is 1. The van der Waals surface area contributed by atoms with E-state index in [0.29, 0.717) is 17.4 Å². The van der Waals surface area contributed by atoms with E-state index in [0.717, 1.165) is 40.9 Å². The lowest BCUT2D eigenvalue weighted by molar-refractivity contribution is -0.140. The number of nitrogens with one attached hydrogen (secondary N) is 1. The average molecular weight is 500 g/mol. The van der Waals surface area contributed by atoms with Gasteiger partial charge in [0, 0.05) is 24.9 Å². The van der Waals surface area contributed by atoms with Crippen molar-refractivity contribution in [1.29, 1.82) is 0 Å². The van der Waals surface area contributed by atoms with E-state index in [1.165, 1.54) is 18.8 Å². The van der Waals surface area contributed by atoms with Crippen LogP contribution in [0, 0.1) is 0 Å². The summed E-state index contributed by atoms with van der Waals surface area (Å²) in [5, 5.41) is 24.3. The molecule has 0 bridgehead atoms. The lowest BCUT2D eigenvalue weighted by atomic mass is 9.55. The molecular formula is C28H33N7O2. The Morgan fingerprint density at radius 2 is 2.11 bits per heavy atom. The first kappa shape index (κ1) is 24.7. The van der Waals surface area contributed by atoms with Gasteiger partial charge in [-0.05, 0) is 56.7 Å². The zero-order chi connectivity index (χ0) is 26.4. The van der Waals surface area contributed by atoms with Crippen LogP contribution in [0.5, 0.6) is 0 Å². The third kappa shape index (κ3) is 3.81. The van der Waals surface area contributed by atoms with Crippen LogP contribution in [0.4, 0.5) is 5.82 Å². The summed E-state index contributed by atoms with van der Waals surface area (Å²) in [5.74, 6) is 0.231. The fourth-order valence-corrected chi connectivity index (χ4v) is 5.75. The number of benzene rings is 1. The number of fused-ring (bicyclic) bond motifs is 1. The highest BCUT2D eigenvalue weighted by Gasteiger charge is 2.57. The molecule has 2 fully saturated rings. The van der Waals surface area contributed by atoms with Gasteiger partial charge < -0.3 is 16.2 Å². The van der Waals surface area contributed by atoms with E-state index in [-0.39, 0.29) is 18.7 Å². The number of hydrogen-bond acceptors (Lipinski definition) is 7. The monoisotopic (exact) mass is 499 g/mol. The standard InChI is InChI=1S/C28H33N7O2/c1-5-22(34(31-4)20-11-8-12-20)21-14-23(35-24(21)25(29)32-17-33-35)18-9-7-10-19(13-18)28(26(36)30-3)15-27(37,6-2)16-28/h5-7,9-10,13-14,17,20,37H,2,4,8,11-12,15-16H2,1,3H3,(H,30,36)(H2,29,32,33)/b22-5-/t27-,28+. The predicted octanol–water partition coefficient (Wildman–Crippen LogP) is 3.50. The molecule has 0 aliphatic heterocycles. The molecule has 1 aromatic carbocycles. The Morgan fingerprint density at radius 3 is 2.70 bits per heavy atom. The van der Waals surface area contributed by atoms with Crippen LogP contribution in [0.15, 0.2) is 60.5 Å².